The van der Waals surface area contributed by atoms with Crippen molar-refractivity contribution in [3.8, 4) is 5.75 Å². The summed E-state index contributed by atoms with van der Waals surface area (Å²) in [7, 11) is 1.43. The highest BCUT2D eigenvalue weighted by Crippen LogP contribution is 2.46. The minimum Gasteiger partial charge on any atom is -0.494 e. The van der Waals surface area contributed by atoms with Crippen molar-refractivity contribution >= 4 is 16.9 Å². The first-order valence-corrected chi connectivity index (χ1v) is 8.34. The summed E-state index contributed by atoms with van der Waals surface area (Å²) < 4.78 is 24.4. The molecule has 0 bridgehead atoms. The Morgan fingerprint density at radius 3 is 3.04 bits per heavy atom. The zero-order valence-electron chi connectivity index (χ0n) is 14.0. The van der Waals surface area contributed by atoms with Crippen LogP contribution in [0.4, 0.5) is 4.39 Å². The van der Waals surface area contributed by atoms with Gasteiger partial charge in [0.15, 0.2) is 11.6 Å². The number of fused-ring (bicyclic) bond motifs is 3. The molecule has 5 nitrogen and oxygen atoms in total. The minimum atomic E-state index is -0.435. The molecule has 3 aromatic rings. The van der Waals surface area contributed by atoms with Gasteiger partial charge in [0, 0.05) is 11.3 Å². The number of hydrogen-bond donors (Lipinski definition) is 1. The number of nitrogens with one attached hydrogen (secondary N) is 1. The van der Waals surface area contributed by atoms with Gasteiger partial charge in [-0.25, -0.2) is 9.18 Å². The van der Waals surface area contributed by atoms with E-state index in [-0.39, 0.29) is 17.6 Å². The summed E-state index contributed by atoms with van der Waals surface area (Å²) in [6.07, 6.45) is 2.43. The van der Waals surface area contributed by atoms with Crippen molar-refractivity contribution in [2.75, 3.05) is 13.7 Å². The third-order valence-electron chi connectivity index (χ3n) is 5.22. The van der Waals surface area contributed by atoms with E-state index >= 15 is 0 Å². The van der Waals surface area contributed by atoms with Gasteiger partial charge in [0.1, 0.15) is 6.61 Å². The van der Waals surface area contributed by atoms with Gasteiger partial charge in [0.05, 0.1) is 24.4 Å². The number of methoxy groups -OCH3 is 1. The van der Waals surface area contributed by atoms with Gasteiger partial charge in [0.2, 0.25) is 0 Å². The summed E-state index contributed by atoms with van der Waals surface area (Å²) >= 11 is 0. The zero-order valence-corrected chi connectivity index (χ0v) is 14.0. The molecule has 1 N–H and O–H groups in total. The van der Waals surface area contributed by atoms with E-state index in [2.05, 4.69) is 16.3 Å². The molecular formula is C20H15FN2O3. The highest BCUT2D eigenvalue weighted by atomic mass is 19.1. The summed E-state index contributed by atoms with van der Waals surface area (Å²) in [5.41, 5.74) is 5.42. The molecule has 0 radical (unpaired) electrons. The quantitative estimate of drug-likeness (QED) is 0.721. The van der Waals surface area contributed by atoms with Crippen molar-refractivity contribution in [2.24, 2.45) is 0 Å². The van der Waals surface area contributed by atoms with E-state index in [9.17, 15) is 9.18 Å². The molecule has 130 valence electrons. The number of rotatable bonds is 2. The number of ether oxygens (including phenoxy) is 2. The fourth-order valence-electron chi connectivity index (χ4n) is 4.05. The average Bonchev–Trinajstić information content (AvgIpc) is 3.27. The fraction of sp³-hybridized carbons (Fsp3) is 0.200. The first-order valence-electron chi connectivity index (χ1n) is 8.34. The average molecular weight is 350 g/mol. The van der Waals surface area contributed by atoms with Gasteiger partial charge in [-0.3, -0.25) is 5.10 Å². The molecule has 1 aliphatic heterocycles. The molecule has 2 aliphatic rings. The number of aromatic amines is 1. The number of hydrogen-bond acceptors (Lipinski definition) is 4. The first kappa shape index (κ1) is 15.1. The van der Waals surface area contributed by atoms with Crippen LogP contribution in [0.5, 0.6) is 5.75 Å². The number of carbonyl (C=O) groups is 1. The summed E-state index contributed by atoms with van der Waals surface area (Å²) in [5.74, 6) is -0.937. The lowest BCUT2D eigenvalue weighted by molar-refractivity contribution is -0.136. The van der Waals surface area contributed by atoms with Gasteiger partial charge < -0.3 is 9.47 Å². The molecule has 1 unspecified atom stereocenters. The lowest BCUT2D eigenvalue weighted by Gasteiger charge is -2.27. The molecule has 0 fully saturated rings. The fourth-order valence-corrected chi connectivity index (χ4v) is 4.05. The second-order valence-corrected chi connectivity index (χ2v) is 6.57. The molecule has 1 aliphatic carbocycles. The van der Waals surface area contributed by atoms with Crippen LogP contribution in [0.25, 0.3) is 10.9 Å². The van der Waals surface area contributed by atoms with Crippen LogP contribution in [-0.2, 0) is 16.0 Å². The predicted octanol–water partition coefficient (Wildman–Crippen LogP) is 3.25. The van der Waals surface area contributed by atoms with Gasteiger partial charge >= 0.3 is 5.97 Å². The number of benzene rings is 2. The van der Waals surface area contributed by atoms with Crippen LogP contribution in [0.15, 0.2) is 47.7 Å². The van der Waals surface area contributed by atoms with Crippen molar-refractivity contribution in [3.05, 3.63) is 70.2 Å². The largest absolute Gasteiger partial charge is 0.494 e. The molecular weight excluding hydrogens is 335 g/mol. The van der Waals surface area contributed by atoms with Crippen LogP contribution < -0.4 is 4.74 Å². The molecule has 2 heterocycles. The lowest BCUT2D eigenvalue weighted by Crippen LogP contribution is -2.18. The number of esters is 1. The van der Waals surface area contributed by atoms with Crippen LogP contribution in [0, 0.1) is 5.82 Å². The number of halogens is 1. The number of H-pyrrole nitrogens is 1. The maximum atomic E-state index is 13.9. The lowest BCUT2D eigenvalue weighted by atomic mass is 9.74. The Labute approximate surface area is 148 Å². The predicted molar refractivity (Wildman–Crippen MR) is 92.6 cm³/mol. The van der Waals surface area contributed by atoms with Gasteiger partial charge in [0.25, 0.3) is 0 Å². The van der Waals surface area contributed by atoms with Crippen LogP contribution in [0.3, 0.4) is 0 Å². The molecule has 5 rings (SSSR count). The number of nitrogens with zero attached hydrogens (tertiary/aromatic N) is 1. The topological polar surface area (TPSA) is 64.2 Å². The number of aromatic nitrogens is 2. The van der Waals surface area contributed by atoms with Crippen LogP contribution in [0.1, 0.15) is 22.6 Å². The van der Waals surface area contributed by atoms with E-state index in [1.807, 2.05) is 6.07 Å². The van der Waals surface area contributed by atoms with Crippen molar-refractivity contribution in [1.82, 2.24) is 10.2 Å². The van der Waals surface area contributed by atoms with Crippen molar-refractivity contribution < 1.29 is 18.7 Å². The standard InChI is InChI=1S/C20H15FN2O3/c1-25-15-7-11(4-5-14(15)21)16-17-10(2-3-12-8-22-23-19(12)17)6-13-9-26-20(24)18(13)16/h2-5,7-8,16H,6,9H2,1H3,(H,22,23). The molecule has 0 amide bonds. The maximum absolute atomic E-state index is 13.9. The van der Waals surface area contributed by atoms with E-state index in [0.717, 1.165) is 33.2 Å². The van der Waals surface area contributed by atoms with Gasteiger partial charge in [-0.15, -0.1) is 0 Å². The van der Waals surface area contributed by atoms with E-state index in [1.165, 1.54) is 13.2 Å². The summed E-state index contributed by atoms with van der Waals surface area (Å²) in [5, 5.41) is 8.17. The van der Waals surface area contributed by atoms with Crippen molar-refractivity contribution in [2.45, 2.75) is 12.3 Å². The zero-order chi connectivity index (χ0) is 17.8. The highest BCUT2D eigenvalue weighted by molar-refractivity contribution is 5.97. The normalized spacial score (nSPS) is 18.7. The molecule has 0 saturated heterocycles. The van der Waals surface area contributed by atoms with E-state index in [0.29, 0.717) is 18.6 Å². The Kier molecular flexibility index (Phi) is 3.16. The van der Waals surface area contributed by atoms with E-state index in [4.69, 9.17) is 9.47 Å². The maximum Gasteiger partial charge on any atom is 0.335 e. The van der Waals surface area contributed by atoms with Crippen molar-refractivity contribution in [3.63, 3.8) is 0 Å². The molecule has 1 atom stereocenters. The van der Waals surface area contributed by atoms with E-state index in [1.54, 1.807) is 18.3 Å². The second kappa shape index (κ2) is 5.42. The van der Waals surface area contributed by atoms with Crippen LogP contribution in [-0.4, -0.2) is 29.9 Å². The van der Waals surface area contributed by atoms with Crippen LogP contribution >= 0.6 is 0 Å². The highest BCUT2D eigenvalue weighted by Gasteiger charge is 2.39. The summed E-state index contributed by atoms with van der Waals surface area (Å²) in [6.45, 7) is 0.309. The van der Waals surface area contributed by atoms with Crippen molar-refractivity contribution in [1.29, 1.82) is 0 Å². The van der Waals surface area contributed by atoms with Crippen LogP contribution in [0.2, 0.25) is 0 Å². The minimum absolute atomic E-state index is 0.153. The molecule has 2 aromatic carbocycles. The molecule has 0 spiro atoms. The Morgan fingerprint density at radius 1 is 1.31 bits per heavy atom. The third kappa shape index (κ3) is 2.02. The Balaban J connectivity index is 1.81. The van der Waals surface area contributed by atoms with Gasteiger partial charge in [-0.05, 0) is 40.8 Å². The van der Waals surface area contributed by atoms with Gasteiger partial charge in [-0.1, -0.05) is 18.2 Å². The van der Waals surface area contributed by atoms with Gasteiger partial charge in [-0.2, -0.15) is 5.10 Å². The molecule has 26 heavy (non-hydrogen) atoms. The first-order chi connectivity index (χ1) is 12.7. The molecule has 1 aromatic heterocycles. The molecule has 6 heteroatoms. The Hall–Kier alpha value is -3.15. The van der Waals surface area contributed by atoms with E-state index < -0.39 is 5.82 Å². The third-order valence-corrected chi connectivity index (χ3v) is 5.22. The smallest absolute Gasteiger partial charge is 0.335 e. The summed E-state index contributed by atoms with van der Waals surface area (Å²) in [4.78, 5) is 12.5. The number of cyclic esters (lactones) is 1. The summed E-state index contributed by atoms with van der Waals surface area (Å²) in [6, 6.07) is 8.80. The second-order valence-electron chi connectivity index (χ2n) is 6.57. The monoisotopic (exact) mass is 350 g/mol. The Bertz CT molecular complexity index is 1100. The SMILES string of the molecule is COc1cc(C2C3=C(COC3=O)Cc3ccc4cn[nH]c4c32)ccc1F. The Morgan fingerprint density at radius 2 is 2.19 bits per heavy atom. The molecule has 0 saturated carbocycles. The number of carbonyl (C=O) groups excluding carboxylic acids is 1.